The number of hydrogen-bond acceptors (Lipinski definition) is 8. The molecule has 1 unspecified atom stereocenters. The SMILES string of the molecule is CCCCCCCCCCC/C=C/C/C=C/CCCC(=O)O[C@H](COC(=O)CCCCCCCCCCC)COP(=O)(O)OCCN. The molecule has 47 heavy (non-hydrogen) atoms. The third-order valence-corrected chi connectivity index (χ3v) is 8.82. The van der Waals surface area contributed by atoms with E-state index in [1.807, 2.05) is 0 Å². The highest BCUT2D eigenvalue weighted by Crippen LogP contribution is 2.43. The molecule has 0 aromatic carbocycles. The normalized spacial score (nSPS) is 13.7. The van der Waals surface area contributed by atoms with E-state index in [-0.39, 0.29) is 32.6 Å². The standard InChI is InChI=1S/C37H70NO8P/c1-3-5-7-9-11-13-14-15-16-17-18-19-20-22-24-26-28-30-37(40)46-35(34-45-47(41,42)44-32-31-38)33-43-36(39)29-27-25-23-21-12-10-8-6-4-2/h18-19,22,24,35H,3-17,20-21,23,25-34,38H2,1-2H3,(H,41,42)/b19-18+,24-22+/t35-/m1/s1. The fourth-order valence-electron chi connectivity index (χ4n) is 5.03. The van der Waals surface area contributed by atoms with Crippen LogP contribution in [-0.4, -0.2) is 49.3 Å². The number of ether oxygens (including phenoxy) is 2. The predicted molar refractivity (Wildman–Crippen MR) is 192 cm³/mol. The van der Waals surface area contributed by atoms with E-state index in [1.165, 1.54) is 96.3 Å². The molecule has 0 fully saturated rings. The van der Waals surface area contributed by atoms with Crippen molar-refractivity contribution in [1.29, 1.82) is 0 Å². The van der Waals surface area contributed by atoms with Gasteiger partial charge in [-0.15, -0.1) is 0 Å². The van der Waals surface area contributed by atoms with Gasteiger partial charge in [0.25, 0.3) is 0 Å². The van der Waals surface area contributed by atoms with Gasteiger partial charge in [0, 0.05) is 19.4 Å². The van der Waals surface area contributed by atoms with E-state index in [0.717, 1.165) is 38.5 Å². The van der Waals surface area contributed by atoms with Gasteiger partial charge in [0.2, 0.25) is 0 Å². The smallest absolute Gasteiger partial charge is 0.462 e. The Morgan fingerprint density at radius 2 is 1.13 bits per heavy atom. The largest absolute Gasteiger partial charge is 0.472 e. The number of hydrogen-bond donors (Lipinski definition) is 2. The molecule has 0 amide bonds. The lowest BCUT2D eigenvalue weighted by Crippen LogP contribution is -2.29. The Bertz CT molecular complexity index is 835. The highest BCUT2D eigenvalue weighted by molar-refractivity contribution is 7.47. The Morgan fingerprint density at radius 3 is 1.68 bits per heavy atom. The summed E-state index contributed by atoms with van der Waals surface area (Å²) in [6.07, 6.45) is 33.7. The first-order valence-corrected chi connectivity index (χ1v) is 20.3. The topological polar surface area (TPSA) is 134 Å². The molecule has 2 atom stereocenters. The number of nitrogens with two attached hydrogens (primary N) is 1. The van der Waals surface area contributed by atoms with Gasteiger partial charge in [-0.1, -0.05) is 141 Å². The highest BCUT2D eigenvalue weighted by Gasteiger charge is 2.25. The number of esters is 2. The number of carbonyl (C=O) groups is 2. The average molecular weight is 688 g/mol. The Balaban J connectivity index is 4.27. The first kappa shape index (κ1) is 45.5. The van der Waals surface area contributed by atoms with Gasteiger partial charge in [-0.05, 0) is 38.5 Å². The van der Waals surface area contributed by atoms with Gasteiger partial charge >= 0.3 is 19.8 Å². The minimum atomic E-state index is -4.37. The van der Waals surface area contributed by atoms with Crippen molar-refractivity contribution >= 4 is 19.8 Å². The minimum Gasteiger partial charge on any atom is -0.462 e. The second-order valence-corrected chi connectivity index (χ2v) is 13.9. The summed E-state index contributed by atoms with van der Waals surface area (Å²) in [5, 5.41) is 0. The van der Waals surface area contributed by atoms with Gasteiger partial charge < -0.3 is 20.1 Å². The lowest BCUT2D eigenvalue weighted by molar-refractivity contribution is -0.161. The van der Waals surface area contributed by atoms with Crippen molar-refractivity contribution in [2.75, 3.05) is 26.4 Å². The fraction of sp³-hybridized carbons (Fsp3) is 0.838. The van der Waals surface area contributed by atoms with Crippen LogP contribution < -0.4 is 5.73 Å². The maximum Gasteiger partial charge on any atom is 0.472 e. The van der Waals surface area contributed by atoms with E-state index in [0.29, 0.717) is 6.42 Å². The third-order valence-electron chi connectivity index (χ3n) is 7.84. The summed E-state index contributed by atoms with van der Waals surface area (Å²) in [7, 11) is -4.37. The van der Waals surface area contributed by atoms with Crippen LogP contribution in [0.5, 0.6) is 0 Å². The van der Waals surface area contributed by atoms with Crippen LogP contribution in [0.2, 0.25) is 0 Å². The number of rotatable bonds is 35. The summed E-state index contributed by atoms with van der Waals surface area (Å²) in [5.41, 5.74) is 5.32. The molecule has 0 spiro atoms. The predicted octanol–water partition coefficient (Wildman–Crippen LogP) is 10.0. The van der Waals surface area contributed by atoms with Crippen LogP contribution in [0.15, 0.2) is 24.3 Å². The Kier molecular flexibility index (Phi) is 33.3. The molecule has 9 nitrogen and oxygen atoms in total. The van der Waals surface area contributed by atoms with Crippen molar-refractivity contribution in [3.8, 4) is 0 Å². The Hall–Kier alpha value is -1.51. The Labute approximate surface area is 287 Å². The van der Waals surface area contributed by atoms with Crippen LogP contribution in [0.4, 0.5) is 0 Å². The molecule has 0 saturated carbocycles. The quantitative estimate of drug-likeness (QED) is 0.0289. The van der Waals surface area contributed by atoms with Gasteiger partial charge in [0.15, 0.2) is 6.10 Å². The zero-order valence-electron chi connectivity index (χ0n) is 30.0. The van der Waals surface area contributed by atoms with E-state index < -0.39 is 32.5 Å². The molecule has 0 aromatic heterocycles. The summed E-state index contributed by atoms with van der Waals surface area (Å²) in [5.74, 6) is -0.883. The second-order valence-electron chi connectivity index (χ2n) is 12.4. The highest BCUT2D eigenvalue weighted by atomic mass is 31.2. The van der Waals surface area contributed by atoms with Gasteiger partial charge in [-0.3, -0.25) is 18.6 Å². The van der Waals surface area contributed by atoms with Crippen molar-refractivity contribution in [3.05, 3.63) is 24.3 Å². The molecule has 276 valence electrons. The van der Waals surface area contributed by atoms with Gasteiger partial charge in [-0.25, -0.2) is 4.57 Å². The second kappa shape index (κ2) is 34.4. The minimum absolute atomic E-state index is 0.0485. The maximum absolute atomic E-state index is 12.5. The molecule has 0 radical (unpaired) electrons. The summed E-state index contributed by atoms with van der Waals surface area (Å²) < 4.78 is 32.5. The van der Waals surface area contributed by atoms with Crippen LogP contribution in [0.3, 0.4) is 0 Å². The third kappa shape index (κ3) is 34.2. The van der Waals surface area contributed by atoms with Gasteiger partial charge in [0.05, 0.1) is 13.2 Å². The van der Waals surface area contributed by atoms with Crippen LogP contribution in [0.25, 0.3) is 0 Å². The first-order chi connectivity index (χ1) is 22.8. The van der Waals surface area contributed by atoms with Crippen molar-refractivity contribution in [2.24, 2.45) is 5.73 Å². The molecule has 0 rings (SSSR count). The molecule has 0 bridgehead atoms. The van der Waals surface area contributed by atoms with E-state index in [4.69, 9.17) is 24.3 Å². The zero-order valence-corrected chi connectivity index (χ0v) is 30.9. The average Bonchev–Trinajstić information content (AvgIpc) is 3.05. The fourth-order valence-corrected chi connectivity index (χ4v) is 5.79. The molecule has 0 aromatic rings. The molecular formula is C37H70NO8P. The molecule has 0 aliphatic carbocycles. The molecule has 0 saturated heterocycles. The maximum atomic E-state index is 12.5. The van der Waals surface area contributed by atoms with Gasteiger partial charge in [-0.2, -0.15) is 0 Å². The summed E-state index contributed by atoms with van der Waals surface area (Å²) in [6, 6.07) is 0. The summed E-state index contributed by atoms with van der Waals surface area (Å²) >= 11 is 0. The number of unbranched alkanes of at least 4 members (excludes halogenated alkanes) is 18. The number of phosphoric ester groups is 1. The molecular weight excluding hydrogens is 617 g/mol. The van der Waals surface area contributed by atoms with E-state index >= 15 is 0 Å². The van der Waals surface area contributed by atoms with E-state index in [2.05, 4.69) is 38.2 Å². The number of phosphoric acid groups is 1. The van der Waals surface area contributed by atoms with Crippen molar-refractivity contribution in [3.63, 3.8) is 0 Å². The lowest BCUT2D eigenvalue weighted by Gasteiger charge is -2.19. The molecule has 0 aliphatic heterocycles. The summed E-state index contributed by atoms with van der Waals surface area (Å²) in [4.78, 5) is 34.6. The molecule has 0 aliphatic rings. The van der Waals surface area contributed by atoms with Gasteiger partial charge in [0.1, 0.15) is 6.61 Å². The monoisotopic (exact) mass is 687 g/mol. The van der Waals surface area contributed by atoms with Crippen molar-refractivity contribution in [2.45, 2.75) is 174 Å². The van der Waals surface area contributed by atoms with Crippen LogP contribution in [-0.2, 0) is 32.7 Å². The van der Waals surface area contributed by atoms with E-state index in [1.54, 1.807) is 0 Å². The van der Waals surface area contributed by atoms with Crippen LogP contribution >= 0.6 is 7.82 Å². The van der Waals surface area contributed by atoms with E-state index in [9.17, 15) is 19.0 Å². The molecule has 3 N–H and O–H groups in total. The van der Waals surface area contributed by atoms with Crippen LogP contribution in [0.1, 0.15) is 168 Å². The first-order valence-electron chi connectivity index (χ1n) is 18.8. The molecule has 10 heteroatoms. The Morgan fingerprint density at radius 1 is 0.638 bits per heavy atom. The van der Waals surface area contributed by atoms with Crippen LogP contribution in [0, 0.1) is 0 Å². The lowest BCUT2D eigenvalue weighted by atomic mass is 10.1. The number of allylic oxidation sites excluding steroid dienone is 4. The summed E-state index contributed by atoms with van der Waals surface area (Å²) in [6.45, 7) is 3.65. The zero-order chi connectivity index (χ0) is 34.7. The molecule has 0 heterocycles. The number of carbonyl (C=O) groups excluding carboxylic acids is 2. The van der Waals surface area contributed by atoms with Crippen molar-refractivity contribution < 1.29 is 37.6 Å². The van der Waals surface area contributed by atoms with Crippen molar-refractivity contribution in [1.82, 2.24) is 0 Å².